The second-order valence-corrected chi connectivity index (χ2v) is 9.94. The summed E-state index contributed by atoms with van der Waals surface area (Å²) in [5.41, 5.74) is 1.03. The number of nitrogens with one attached hydrogen (secondary N) is 3. The maximum Gasteiger partial charge on any atom is 0.315 e. The Morgan fingerprint density at radius 3 is 2.55 bits per heavy atom. The first-order chi connectivity index (χ1) is 14.9. The Balaban J connectivity index is 1.50. The van der Waals surface area contributed by atoms with Gasteiger partial charge < -0.3 is 20.7 Å². The third-order valence-electron chi connectivity index (χ3n) is 5.64. The Morgan fingerprint density at radius 2 is 1.84 bits per heavy atom. The van der Waals surface area contributed by atoms with E-state index in [9.17, 15) is 18.0 Å². The lowest BCUT2D eigenvalue weighted by molar-refractivity contribution is -0.116. The topological polar surface area (TPSA) is 117 Å². The fourth-order valence-electron chi connectivity index (χ4n) is 3.88. The number of sulfonamides is 1. The lowest BCUT2D eigenvalue weighted by Crippen LogP contribution is -2.43. The van der Waals surface area contributed by atoms with Gasteiger partial charge in [-0.15, -0.1) is 0 Å². The molecular formula is C21H32N4O5S. The van der Waals surface area contributed by atoms with Gasteiger partial charge in [-0.3, -0.25) is 4.79 Å². The molecule has 0 spiro atoms. The molecule has 3 N–H and O–H groups in total. The van der Waals surface area contributed by atoms with E-state index in [1.54, 1.807) is 19.1 Å². The number of hydrogen-bond acceptors (Lipinski definition) is 5. The van der Waals surface area contributed by atoms with Crippen molar-refractivity contribution in [1.82, 2.24) is 14.9 Å². The molecule has 0 aromatic heterocycles. The summed E-state index contributed by atoms with van der Waals surface area (Å²) in [4.78, 5) is 24.4. The van der Waals surface area contributed by atoms with Crippen LogP contribution in [0.15, 0.2) is 23.1 Å². The Hall–Kier alpha value is -2.17. The lowest BCUT2D eigenvalue weighted by Gasteiger charge is -2.26. The van der Waals surface area contributed by atoms with Gasteiger partial charge in [0.1, 0.15) is 0 Å². The van der Waals surface area contributed by atoms with Crippen LogP contribution in [0.5, 0.6) is 0 Å². The molecule has 1 saturated heterocycles. The Labute approximate surface area is 184 Å². The zero-order valence-electron chi connectivity index (χ0n) is 18.0. The molecular weight excluding hydrogens is 420 g/mol. The molecule has 2 aliphatic rings. The van der Waals surface area contributed by atoms with Crippen molar-refractivity contribution in [2.75, 3.05) is 38.2 Å². The van der Waals surface area contributed by atoms with Gasteiger partial charge >= 0.3 is 6.03 Å². The second kappa shape index (κ2) is 10.9. The number of urea groups is 1. The predicted molar refractivity (Wildman–Crippen MR) is 117 cm³/mol. The molecule has 9 nitrogen and oxygen atoms in total. The molecule has 1 aromatic carbocycles. The number of ether oxygens (including phenoxy) is 1. The van der Waals surface area contributed by atoms with E-state index in [1.807, 2.05) is 0 Å². The molecule has 31 heavy (non-hydrogen) atoms. The Morgan fingerprint density at radius 1 is 1.13 bits per heavy atom. The average molecular weight is 453 g/mol. The number of nitrogens with zero attached hydrogens (tertiary/aromatic N) is 1. The minimum absolute atomic E-state index is 0.0948. The van der Waals surface area contributed by atoms with Crippen molar-refractivity contribution < 1.29 is 22.7 Å². The zero-order chi connectivity index (χ0) is 22.3. The number of benzene rings is 1. The van der Waals surface area contributed by atoms with Crippen LogP contribution >= 0.6 is 0 Å². The summed E-state index contributed by atoms with van der Waals surface area (Å²) < 4.78 is 32.6. The summed E-state index contributed by atoms with van der Waals surface area (Å²) in [5, 5.41) is 8.37. The molecule has 3 amide bonds. The molecule has 0 atom stereocenters. The van der Waals surface area contributed by atoms with Crippen LogP contribution in [0.2, 0.25) is 0 Å². The van der Waals surface area contributed by atoms with Crippen LogP contribution in [0.4, 0.5) is 10.5 Å². The molecule has 3 rings (SSSR count). The van der Waals surface area contributed by atoms with Gasteiger partial charge in [-0.25, -0.2) is 13.2 Å². The largest absolute Gasteiger partial charge is 0.379 e. The maximum absolute atomic E-state index is 13.0. The smallest absolute Gasteiger partial charge is 0.315 e. The van der Waals surface area contributed by atoms with Gasteiger partial charge in [0, 0.05) is 37.8 Å². The monoisotopic (exact) mass is 452 g/mol. The normalized spacial score (nSPS) is 18.4. The summed E-state index contributed by atoms with van der Waals surface area (Å²) in [6, 6.07) is 4.80. The minimum atomic E-state index is -3.66. The standard InChI is InChI=1S/C21H32N4O5S/c1-16-7-8-18(15-19(16)31(28,29)25-11-13-30-14-12-25)23-20(26)9-10-22-21(27)24-17-5-3-2-4-6-17/h7-8,15,17H,2-6,9-14H2,1H3,(H,23,26)(H2,22,24,27). The highest BCUT2D eigenvalue weighted by molar-refractivity contribution is 7.89. The third-order valence-corrected chi connectivity index (χ3v) is 7.68. The van der Waals surface area contributed by atoms with Gasteiger partial charge in [0.05, 0.1) is 18.1 Å². The second-order valence-electron chi connectivity index (χ2n) is 8.03. The van der Waals surface area contributed by atoms with Crippen molar-refractivity contribution in [3.8, 4) is 0 Å². The Bertz CT molecular complexity index is 878. The van der Waals surface area contributed by atoms with Crippen LogP contribution in [0.25, 0.3) is 0 Å². The third kappa shape index (κ3) is 6.65. The molecule has 1 saturated carbocycles. The molecule has 0 unspecified atom stereocenters. The molecule has 1 aliphatic heterocycles. The Kier molecular flexibility index (Phi) is 8.28. The molecule has 10 heteroatoms. The number of amides is 3. The number of hydrogen-bond donors (Lipinski definition) is 3. The van der Waals surface area contributed by atoms with E-state index in [-0.39, 0.29) is 35.8 Å². The van der Waals surface area contributed by atoms with Crippen molar-refractivity contribution >= 4 is 27.6 Å². The summed E-state index contributed by atoms with van der Waals surface area (Å²) in [5.74, 6) is -0.295. The highest BCUT2D eigenvalue weighted by atomic mass is 32.2. The van der Waals surface area contributed by atoms with Gasteiger partial charge in [-0.1, -0.05) is 25.3 Å². The molecule has 1 aromatic rings. The van der Waals surface area contributed by atoms with Crippen LogP contribution < -0.4 is 16.0 Å². The van der Waals surface area contributed by atoms with E-state index in [0.717, 1.165) is 25.7 Å². The van der Waals surface area contributed by atoms with E-state index in [2.05, 4.69) is 16.0 Å². The van der Waals surface area contributed by atoms with Crippen LogP contribution in [-0.2, 0) is 19.6 Å². The first-order valence-corrected chi connectivity index (χ1v) is 12.3. The predicted octanol–water partition coefficient (Wildman–Crippen LogP) is 1.98. The van der Waals surface area contributed by atoms with E-state index >= 15 is 0 Å². The fourth-order valence-corrected chi connectivity index (χ4v) is 5.54. The van der Waals surface area contributed by atoms with Crippen LogP contribution in [0.1, 0.15) is 44.1 Å². The van der Waals surface area contributed by atoms with Crippen molar-refractivity contribution in [3.05, 3.63) is 23.8 Å². The maximum atomic E-state index is 13.0. The first kappa shape index (κ1) is 23.5. The summed E-state index contributed by atoms with van der Waals surface area (Å²) in [6.45, 7) is 3.30. The molecule has 1 aliphatic carbocycles. The van der Waals surface area contributed by atoms with E-state index in [0.29, 0.717) is 37.6 Å². The summed E-state index contributed by atoms with van der Waals surface area (Å²) in [7, 11) is -3.66. The van der Waals surface area contributed by atoms with Crippen molar-refractivity contribution in [3.63, 3.8) is 0 Å². The van der Waals surface area contributed by atoms with E-state index < -0.39 is 10.0 Å². The summed E-state index contributed by atoms with van der Waals surface area (Å²) in [6.07, 6.45) is 5.57. The number of carbonyl (C=O) groups excluding carboxylic acids is 2. The van der Waals surface area contributed by atoms with Crippen molar-refractivity contribution in [2.45, 2.75) is 56.4 Å². The first-order valence-electron chi connectivity index (χ1n) is 10.9. The number of morpholine rings is 1. The van der Waals surface area contributed by atoms with Gasteiger partial charge in [-0.05, 0) is 37.5 Å². The van der Waals surface area contributed by atoms with E-state index in [4.69, 9.17) is 4.74 Å². The number of anilines is 1. The summed E-state index contributed by atoms with van der Waals surface area (Å²) >= 11 is 0. The van der Waals surface area contributed by atoms with Crippen LogP contribution in [-0.4, -0.2) is 63.6 Å². The van der Waals surface area contributed by atoms with Crippen LogP contribution in [0.3, 0.4) is 0 Å². The quantitative estimate of drug-likeness (QED) is 0.585. The van der Waals surface area contributed by atoms with E-state index in [1.165, 1.54) is 16.8 Å². The minimum Gasteiger partial charge on any atom is -0.379 e. The van der Waals surface area contributed by atoms with Crippen molar-refractivity contribution in [1.29, 1.82) is 0 Å². The molecule has 172 valence electrons. The van der Waals surface area contributed by atoms with Crippen molar-refractivity contribution in [2.24, 2.45) is 0 Å². The molecule has 1 heterocycles. The molecule has 0 radical (unpaired) electrons. The highest BCUT2D eigenvalue weighted by Crippen LogP contribution is 2.24. The number of aryl methyl sites for hydroxylation is 1. The number of carbonyl (C=O) groups is 2. The number of rotatable bonds is 7. The van der Waals surface area contributed by atoms with Gasteiger partial charge in [-0.2, -0.15) is 4.31 Å². The lowest BCUT2D eigenvalue weighted by atomic mass is 9.96. The SMILES string of the molecule is Cc1ccc(NC(=O)CCNC(=O)NC2CCCCC2)cc1S(=O)(=O)N1CCOCC1. The van der Waals surface area contributed by atoms with Crippen LogP contribution in [0, 0.1) is 6.92 Å². The highest BCUT2D eigenvalue weighted by Gasteiger charge is 2.28. The fraction of sp³-hybridized carbons (Fsp3) is 0.619. The van der Waals surface area contributed by atoms with Gasteiger partial charge in [0.2, 0.25) is 15.9 Å². The van der Waals surface area contributed by atoms with Gasteiger partial charge in [0.15, 0.2) is 0 Å². The zero-order valence-corrected chi connectivity index (χ0v) is 18.8. The average Bonchev–Trinajstić information content (AvgIpc) is 2.76. The van der Waals surface area contributed by atoms with Gasteiger partial charge in [0.25, 0.3) is 0 Å². The molecule has 2 fully saturated rings. The molecule has 0 bridgehead atoms.